The van der Waals surface area contributed by atoms with E-state index in [0.717, 1.165) is 22.1 Å². The van der Waals surface area contributed by atoms with Gasteiger partial charge in [-0.3, -0.25) is 15.3 Å². The maximum atomic E-state index is 12.4. The molecule has 3 atom stereocenters. The van der Waals surface area contributed by atoms with Gasteiger partial charge in [0.1, 0.15) is 5.75 Å². The average Bonchev–Trinajstić information content (AvgIpc) is 3.10. The Labute approximate surface area is 167 Å². The van der Waals surface area contributed by atoms with Gasteiger partial charge in [0.15, 0.2) is 11.9 Å². The lowest BCUT2D eigenvalue weighted by molar-refractivity contribution is -0.172. The predicted molar refractivity (Wildman–Crippen MR) is 103 cm³/mol. The van der Waals surface area contributed by atoms with E-state index in [9.17, 15) is 14.4 Å². The van der Waals surface area contributed by atoms with Gasteiger partial charge in [-0.15, -0.1) is 0 Å². The molecule has 0 bridgehead atoms. The van der Waals surface area contributed by atoms with Crippen LogP contribution in [-0.4, -0.2) is 37.5 Å². The normalized spacial score (nSPS) is 18.2. The second kappa shape index (κ2) is 8.91. The van der Waals surface area contributed by atoms with E-state index < -0.39 is 30.6 Å². The first-order valence-corrected chi connectivity index (χ1v) is 9.31. The fraction of sp³-hybridized carbons (Fsp3) is 0.381. The van der Waals surface area contributed by atoms with Gasteiger partial charge in [0.2, 0.25) is 0 Å². The fourth-order valence-electron chi connectivity index (χ4n) is 3.16. The van der Waals surface area contributed by atoms with Gasteiger partial charge in [-0.25, -0.2) is 4.79 Å². The molecule has 0 amide bonds. The van der Waals surface area contributed by atoms with Gasteiger partial charge < -0.3 is 18.9 Å². The predicted octanol–water partition coefficient (Wildman–Crippen LogP) is 3.01. The molecule has 8 heteroatoms. The number of ketones is 1. The van der Waals surface area contributed by atoms with Crippen molar-refractivity contribution in [2.75, 3.05) is 7.11 Å². The number of hydrogen-bond acceptors (Lipinski definition) is 8. The van der Waals surface area contributed by atoms with Crippen LogP contribution in [0.25, 0.3) is 10.8 Å². The number of Topliss-reactive ketones (excluding diaryl/α,β-unsaturated/α-hetero) is 1. The molecule has 3 rings (SSSR count). The van der Waals surface area contributed by atoms with E-state index in [1.165, 1.54) is 0 Å². The van der Waals surface area contributed by atoms with Crippen LogP contribution in [0.2, 0.25) is 0 Å². The molecule has 1 aliphatic rings. The Morgan fingerprint density at radius 1 is 1.10 bits per heavy atom. The number of methoxy groups -OCH3 is 1. The molecule has 8 nitrogen and oxygen atoms in total. The van der Waals surface area contributed by atoms with E-state index in [2.05, 4.69) is 0 Å². The second-order valence-electron chi connectivity index (χ2n) is 6.83. The van der Waals surface area contributed by atoms with E-state index in [1.54, 1.807) is 20.1 Å². The molecule has 0 heterocycles. The third-order valence-electron chi connectivity index (χ3n) is 4.86. The van der Waals surface area contributed by atoms with Crippen molar-refractivity contribution in [2.24, 2.45) is 5.73 Å². The van der Waals surface area contributed by atoms with Crippen LogP contribution >= 0.6 is 0 Å². The van der Waals surface area contributed by atoms with Gasteiger partial charge in [-0.05, 0) is 48.2 Å². The number of benzene rings is 2. The molecule has 2 N–H and O–H groups in total. The Bertz CT molecular complexity index is 926. The molecule has 154 valence electrons. The molecule has 2 aromatic rings. The molecule has 0 saturated heterocycles. The zero-order valence-electron chi connectivity index (χ0n) is 16.3. The number of carbonyl (C=O) groups is 3. The minimum absolute atomic E-state index is 0.157. The number of rotatable bonds is 6. The molecular weight excluding hydrogens is 378 g/mol. The molecule has 29 heavy (non-hydrogen) atoms. The van der Waals surface area contributed by atoms with Crippen LogP contribution in [0.3, 0.4) is 0 Å². The van der Waals surface area contributed by atoms with E-state index >= 15 is 0 Å². The summed E-state index contributed by atoms with van der Waals surface area (Å²) in [5.74, 6) is -0.708. The standard InChI is InChI=1S/C21H23NO7/c1-12(13-6-7-15-11-16(26-2)9-8-14(15)10-13)19(24)28-20(22)29-21(25)27-18-5-3-4-17(18)23/h6-12,18,20H,3-5,22H2,1-2H3/t12-,18?,20?/m0/s1. The van der Waals surface area contributed by atoms with Crippen molar-refractivity contribution in [3.8, 4) is 5.75 Å². The molecule has 0 radical (unpaired) electrons. The van der Waals surface area contributed by atoms with Gasteiger partial charge in [-0.2, -0.15) is 0 Å². The summed E-state index contributed by atoms with van der Waals surface area (Å²) in [6.07, 6.45) is -2.10. The maximum absolute atomic E-state index is 12.4. The highest BCUT2D eigenvalue weighted by Gasteiger charge is 2.30. The molecule has 0 spiro atoms. The number of nitrogens with two attached hydrogens (primary N) is 1. The van der Waals surface area contributed by atoms with Crippen LogP contribution in [0.4, 0.5) is 4.79 Å². The van der Waals surface area contributed by atoms with Crippen molar-refractivity contribution in [1.29, 1.82) is 0 Å². The molecule has 0 aromatic heterocycles. The van der Waals surface area contributed by atoms with Crippen LogP contribution in [-0.2, 0) is 23.8 Å². The number of ether oxygens (including phenoxy) is 4. The van der Waals surface area contributed by atoms with Gasteiger partial charge >= 0.3 is 18.5 Å². The van der Waals surface area contributed by atoms with Crippen molar-refractivity contribution >= 4 is 28.7 Å². The Kier molecular flexibility index (Phi) is 6.33. The minimum atomic E-state index is -1.63. The smallest absolute Gasteiger partial charge is 0.497 e. The summed E-state index contributed by atoms with van der Waals surface area (Å²) in [5, 5.41) is 1.91. The van der Waals surface area contributed by atoms with Crippen molar-refractivity contribution in [1.82, 2.24) is 0 Å². The summed E-state index contributed by atoms with van der Waals surface area (Å²) in [4.78, 5) is 35.5. The van der Waals surface area contributed by atoms with Crippen molar-refractivity contribution in [3.63, 3.8) is 0 Å². The summed E-state index contributed by atoms with van der Waals surface area (Å²) >= 11 is 0. The highest BCUT2D eigenvalue weighted by Crippen LogP contribution is 2.26. The fourth-order valence-corrected chi connectivity index (χ4v) is 3.16. The van der Waals surface area contributed by atoms with Crippen LogP contribution < -0.4 is 10.5 Å². The quantitative estimate of drug-likeness (QED) is 0.580. The number of fused-ring (bicyclic) bond motifs is 1. The van der Waals surface area contributed by atoms with Crippen LogP contribution in [0, 0.1) is 0 Å². The summed E-state index contributed by atoms with van der Waals surface area (Å²) in [6, 6.07) is 11.2. The number of carbonyl (C=O) groups excluding carboxylic acids is 3. The highest BCUT2D eigenvalue weighted by atomic mass is 16.8. The van der Waals surface area contributed by atoms with E-state index in [-0.39, 0.29) is 5.78 Å². The third kappa shape index (κ3) is 5.03. The van der Waals surface area contributed by atoms with Crippen LogP contribution in [0.15, 0.2) is 36.4 Å². The summed E-state index contributed by atoms with van der Waals surface area (Å²) in [7, 11) is 1.60. The molecule has 2 unspecified atom stereocenters. The number of hydrogen-bond donors (Lipinski definition) is 1. The average molecular weight is 401 g/mol. The van der Waals surface area contributed by atoms with Crippen LogP contribution in [0.1, 0.15) is 37.7 Å². The minimum Gasteiger partial charge on any atom is -0.497 e. The SMILES string of the molecule is COc1ccc2cc([C@H](C)C(=O)OC(N)OC(=O)OC3CCCC3=O)ccc2c1. The topological polar surface area (TPSA) is 114 Å². The lowest BCUT2D eigenvalue weighted by Gasteiger charge is -2.18. The second-order valence-corrected chi connectivity index (χ2v) is 6.83. The van der Waals surface area contributed by atoms with Gasteiger partial charge in [0.25, 0.3) is 0 Å². The molecular formula is C21H23NO7. The monoisotopic (exact) mass is 401 g/mol. The molecule has 1 saturated carbocycles. The molecule has 1 aliphatic carbocycles. The van der Waals surface area contributed by atoms with E-state index in [4.69, 9.17) is 24.7 Å². The zero-order chi connectivity index (χ0) is 21.0. The summed E-state index contributed by atoms with van der Waals surface area (Å²) < 4.78 is 19.8. The van der Waals surface area contributed by atoms with Crippen molar-refractivity contribution in [2.45, 2.75) is 44.6 Å². The lowest BCUT2D eigenvalue weighted by atomic mass is 9.98. The molecule has 1 fully saturated rings. The first-order valence-electron chi connectivity index (χ1n) is 9.31. The van der Waals surface area contributed by atoms with Gasteiger partial charge in [-0.1, -0.05) is 24.3 Å². The van der Waals surface area contributed by atoms with Crippen molar-refractivity contribution < 1.29 is 33.3 Å². The highest BCUT2D eigenvalue weighted by molar-refractivity contribution is 5.87. The summed E-state index contributed by atoms with van der Waals surface area (Å²) in [6.45, 7) is 1.66. The largest absolute Gasteiger partial charge is 0.513 e. The van der Waals surface area contributed by atoms with Crippen LogP contribution in [0.5, 0.6) is 5.75 Å². The van der Waals surface area contributed by atoms with Gasteiger partial charge in [0, 0.05) is 6.42 Å². The van der Waals surface area contributed by atoms with Crippen molar-refractivity contribution in [3.05, 3.63) is 42.0 Å². The van der Waals surface area contributed by atoms with E-state index in [1.807, 2.05) is 30.3 Å². The first kappa shape index (κ1) is 20.6. The Hall–Kier alpha value is -3.13. The Morgan fingerprint density at radius 3 is 2.52 bits per heavy atom. The number of esters is 1. The summed E-state index contributed by atoms with van der Waals surface area (Å²) in [5.41, 5.74) is 6.28. The first-order chi connectivity index (χ1) is 13.9. The molecule has 0 aliphatic heterocycles. The maximum Gasteiger partial charge on any atom is 0.513 e. The third-order valence-corrected chi connectivity index (χ3v) is 4.86. The Balaban J connectivity index is 1.57. The lowest BCUT2D eigenvalue weighted by Crippen LogP contribution is -2.35. The Morgan fingerprint density at radius 2 is 1.83 bits per heavy atom. The van der Waals surface area contributed by atoms with E-state index in [0.29, 0.717) is 19.3 Å². The zero-order valence-corrected chi connectivity index (χ0v) is 16.3. The molecule has 2 aromatic carbocycles. The van der Waals surface area contributed by atoms with Gasteiger partial charge in [0.05, 0.1) is 13.0 Å².